The summed E-state index contributed by atoms with van der Waals surface area (Å²) in [6, 6.07) is 0.683. The second-order valence-corrected chi connectivity index (χ2v) is 6.02. The fourth-order valence-electron chi connectivity index (χ4n) is 3.79. The van der Waals surface area contributed by atoms with Gasteiger partial charge in [-0.2, -0.15) is 0 Å². The molecule has 2 aromatic heterocycles. The second kappa shape index (κ2) is 4.72. The van der Waals surface area contributed by atoms with Crippen molar-refractivity contribution < 1.29 is 0 Å². The largest absolute Gasteiger partial charge is 0.351 e. The third-order valence-corrected chi connectivity index (χ3v) is 4.95. The van der Waals surface area contributed by atoms with E-state index in [1.54, 1.807) is 6.33 Å². The molecule has 4 rings (SSSR count). The Hall–Kier alpha value is -1.65. The van der Waals surface area contributed by atoms with E-state index in [0.717, 1.165) is 36.0 Å². The van der Waals surface area contributed by atoms with Gasteiger partial charge in [-0.25, -0.2) is 15.0 Å². The zero-order chi connectivity index (χ0) is 13.5. The van der Waals surface area contributed by atoms with Gasteiger partial charge in [-0.1, -0.05) is 19.3 Å². The maximum absolute atomic E-state index is 4.55. The lowest BCUT2D eigenvalue weighted by Crippen LogP contribution is -2.56. The molecule has 2 fully saturated rings. The fourth-order valence-corrected chi connectivity index (χ4v) is 3.79. The summed E-state index contributed by atoms with van der Waals surface area (Å²) >= 11 is 0. The van der Waals surface area contributed by atoms with Crippen LogP contribution < -0.4 is 4.90 Å². The Labute approximate surface area is 119 Å². The van der Waals surface area contributed by atoms with Crippen molar-refractivity contribution in [3.05, 3.63) is 12.7 Å². The Bertz CT molecular complexity index is 620. The molecule has 2 aliphatic rings. The lowest BCUT2D eigenvalue weighted by Gasteiger charge is -2.48. The van der Waals surface area contributed by atoms with Crippen LogP contribution in [0.5, 0.6) is 0 Å². The highest BCUT2D eigenvalue weighted by Crippen LogP contribution is 2.40. The average Bonchev–Trinajstić information content (AvgIpc) is 2.79. The minimum Gasteiger partial charge on any atom is -0.351 e. The Morgan fingerprint density at radius 2 is 2.05 bits per heavy atom. The predicted molar refractivity (Wildman–Crippen MR) is 78.7 cm³/mol. The van der Waals surface area contributed by atoms with E-state index in [0.29, 0.717) is 6.04 Å². The maximum Gasteiger partial charge on any atom is 0.165 e. The number of rotatable bonds is 2. The molecule has 0 amide bonds. The van der Waals surface area contributed by atoms with Crippen molar-refractivity contribution in [3.8, 4) is 0 Å². The summed E-state index contributed by atoms with van der Waals surface area (Å²) in [7, 11) is 0. The molecule has 0 N–H and O–H groups in total. The first-order valence-corrected chi connectivity index (χ1v) is 7.81. The summed E-state index contributed by atoms with van der Waals surface area (Å²) in [6.07, 6.45) is 10.4. The third kappa shape index (κ3) is 1.72. The smallest absolute Gasteiger partial charge is 0.165 e. The van der Waals surface area contributed by atoms with Crippen LogP contribution in [0.4, 0.5) is 5.82 Å². The Kier molecular flexibility index (Phi) is 2.86. The lowest BCUT2D eigenvalue weighted by molar-refractivity contribution is 0.275. The molecule has 20 heavy (non-hydrogen) atoms. The van der Waals surface area contributed by atoms with E-state index in [4.69, 9.17) is 0 Å². The monoisotopic (exact) mass is 271 g/mol. The summed E-state index contributed by atoms with van der Waals surface area (Å²) in [5.74, 6) is 1.92. The van der Waals surface area contributed by atoms with E-state index < -0.39 is 0 Å². The van der Waals surface area contributed by atoms with Gasteiger partial charge in [-0.05, 0) is 25.7 Å². The van der Waals surface area contributed by atoms with Crippen LogP contribution in [0.15, 0.2) is 12.7 Å². The number of nitrogens with zero attached hydrogens (tertiary/aromatic N) is 5. The molecule has 0 radical (unpaired) electrons. The number of imidazole rings is 1. The minimum atomic E-state index is 0.683. The molecule has 0 unspecified atom stereocenters. The Morgan fingerprint density at radius 1 is 1.15 bits per heavy atom. The zero-order valence-electron chi connectivity index (χ0n) is 12.0. The summed E-state index contributed by atoms with van der Waals surface area (Å²) in [6.45, 7) is 4.17. The molecule has 2 atom stereocenters. The van der Waals surface area contributed by atoms with Crippen molar-refractivity contribution in [3.63, 3.8) is 0 Å². The molecule has 0 bridgehead atoms. The zero-order valence-corrected chi connectivity index (χ0v) is 12.0. The van der Waals surface area contributed by atoms with Crippen LogP contribution in [-0.2, 0) is 6.54 Å². The molecular weight excluding hydrogens is 250 g/mol. The summed E-state index contributed by atoms with van der Waals surface area (Å²) in [5.41, 5.74) is 1.94. The van der Waals surface area contributed by atoms with Crippen LogP contribution in [0, 0.1) is 5.92 Å². The van der Waals surface area contributed by atoms with E-state index in [9.17, 15) is 0 Å². The third-order valence-electron chi connectivity index (χ3n) is 4.95. The molecule has 0 aromatic carbocycles. The minimum absolute atomic E-state index is 0.683. The average molecular weight is 271 g/mol. The molecule has 0 spiro atoms. The van der Waals surface area contributed by atoms with Crippen LogP contribution in [0.1, 0.15) is 39.0 Å². The molecule has 3 heterocycles. The first kappa shape index (κ1) is 12.1. The van der Waals surface area contributed by atoms with Gasteiger partial charge in [0.25, 0.3) is 0 Å². The Morgan fingerprint density at radius 3 is 2.95 bits per heavy atom. The van der Waals surface area contributed by atoms with Crippen molar-refractivity contribution in [2.24, 2.45) is 5.92 Å². The Balaban J connectivity index is 1.70. The summed E-state index contributed by atoms with van der Waals surface area (Å²) in [4.78, 5) is 16.0. The van der Waals surface area contributed by atoms with Crippen molar-refractivity contribution in [2.45, 2.75) is 51.6 Å². The van der Waals surface area contributed by atoms with Crippen molar-refractivity contribution in [1.29, 1.82) is 0 Å². The van der Waals surface area contributed by atoms with Gasteiger partial charge in [0, 0.05) is 19.1 Å². The number of hydrogen-bond donors (Lipinski definition) is 0. The van der Waals surface area contributed by atoms with E-state index in [2.05, 4.69) is 31.3 Å². The molecule has 1 saturated heterocycles. The fraction of sp³-hybridized carbons (Fsp3) is 0.667. The van der Waals surface area contributed by atoms with E-state index in [1.807, 2.05) is 6.33 Å². The van der Waals surface area contributed by atoms with Gasteiger partial charge >= 0.3 is 0 Å². The highest BCUT2D eigenvalue weighted by Gasteiger charge is 2.40. The maximum atomic E-state index is 4.55. The molecule has 1 aliphatic heterocycles. The predicted octanol–water partition coefficient (Wildman–Crippen LogP) is 2.62. The lowest BCUT2D eigenvalue weighted by atomic mass is 9.84. The van der Waals surface area contributed by atoms with Crippen molar-refractivity contribution >= 4 is 17.0 Å². The van der Waals surface area contributed by atoms with Gasteiger partial charge in [0.05, 0.1) is 6.33 Å². The van der Waals surface area contributed by atoms with E-state index in [-0.39, 0.29) is 0 Å². The van der Waals surface area contributed by atoms with Crippen LogP contribution >= 0.6 is 0 Å². The molecule has 1 aliphatic carbocycles. The molecular formula is C15H21N5. The number of fused-ring (bicyclic) bond motifs is 2. The van der Waals surface area contributed by atoms with Gasteiger partial charge in [0.1, 0.15) is 6.33 Å². The van der Waals surface area contributed by atoms with Crippen LogP contribution in [-0.4, -0.2) is 32.1 Å². The van der Waals surface area contributed by atoms with Gasteiger partial charge in [0.15, 0.2) is 17.0 Å². The van der Waals surface area contributed by atoms with E-state index >= 15 is 0 Å². The SMILES string of the molecule is CCn1cnc2c(N3C[C@H]4CCCCC[C@@H]43)ncnc21. The van der Waals surface area contributed by atoms with Gasteiger partial charge < -0.3 is 9.47 Å². The molecule has 5 heteroatoms. The highest BCUT2D eigenvalue weighted by atomic mass is 15.3. The standard InChI is InChI=1S/C15H21N5/c1-2-19-10-18-13-14(19)16-9-17-15(13)20-8-11-6-4-3-5-7-12(11)20/h9-12H,2-8H2,1H3/t11-,12+/m1/s1. The number of aromatic nitrogens is 4. The quantitative estimate of drug-likeness (QED) is 0.842. The van der Waals surface area contributed by atoms with Crippen LogP contribution in [0.25, 0.3) is 11.2 Å². The molecule has 5 nitrogen and oxygen atoms in total. The van der Waals surface area contributed by atoms with Crippen LogP contribution in [0.3, 0.4) is 0 Å². The van der Waals surface area contributed by atoms with Gasteiger partial charge in [-0.3, -0.25) is 0 Å². The number of hydrogen-bond acceptors (Lipinski definition) is 4. The summed E-state index contributed by atoms with van der Waals surface area (Å²) < 4.78 is 2.09. The molecule has 2 aromatic rings. The topological polar surface area (TPSA) is 46.8 Å². The first-order valence-electron chi connectivity index (χ1n) is 7.81. The van der Waals surface area contributed by atoms with Crippen molar-refractivity contribution in [1.82, 2.24) is 19.5 Å². The summed E-state index contributed by atoms with van der Waals surface area (Å²) in [5, 5.41) is 0. The highest BCUT2D eigenvalue weighted by molar-refractivity contribution is 5.84. The van der Waals surface area contributed by atoms with Crippen molar-refractivity contribution in [2.75, 3.05) is 11.4 Å². The number of aryl methyl sites for hydroxylation is 1. The first-order chi connectivity index (χ1) is 9.88. The molecule has 106 valence electrons. The second-order valence-electron chi connectivity index (χ2n) is 6.02. The van der Waals surface area contributed by atoms with Crippen LogP contribution in [0.2, 0.25) is 0 Å². The normalized spacial score (nSPS) is 26.1. The van der Waals surface area contributed by atoms with Gasteiger partial charge in [0.2, 0.25) is 0 Å². The molecule has 1 saturated carbocycles. The van der Waals surface area contributed by atoms with Gasteiger partial charge in [-0.15, -0.1) is 0 Å². The van der Waals surface area contributed by atoms with E-state index in [1.165, 1.54) is 32.1 Å². The number of anilines is 1.